The van der Waals surface area contributed by atoms with Crippen molar-refractivity contribution in [2.45, 2.75) is 64.2 Å². The van der Waals surface area contributed by atoms with Crippen LogP contribution < -0.4 is 20.9 Å². The molecule has 3 N–H and O–H groups in total. The fourth-order valence-corrected chi connectivity index (χ4v) is 9.38. The molecule has 3 aromatic carbocycles. The maximum atomic E-state index is 13.7. The molecule has 4 aliphatic heterocycles. The highest BCUT2D eigenvalue weighted by Gasteiger charge is 2.39. The number of fused-ring (bicyclic) bond motifs is 1. The number of likely N-dealkylation sites (tertiary alicyclic amines) is 1. The van der Waals surface area contributed by atoms with E-state index < -0.39 is 11.9 Å². The number of nitrogens with zero attached hydrogens (tertiary/aromatic N) is 9. The van der Waals surface area contributed by atoms with Gasteiger partial charge in [0.15, 0.2) is 11.6 Å². The maximum Gasteiger partial charge on any atom is 0.255 e. The zero-order valence-corrected chi connectivity index (χ0v) is 36.8. The smallest absolute Gasteiger partial charge is 0.255 e. The molecule has 17 heteroatoms. The lowest BCUT2D eigenvalue weighted by molar-refractivity contribution is -0.136. The second-order valence-electron chi connectivity index (χ2n) is 17.4. The van der Waals surface area contributed by atoms with Crippen molar-refractivity contribution in [3.8, 4) is 11.5 Å². The summed E-state index contributed by atoms with van der Waals surface area (Å²) in [6.07, 6.45) is 6.77. The molecule has 336 valence electrons. The Balaban J connectivity index is 0.704. The number of benzene rings is 3. The average Bonchev–Trinajstić information content (AvgIpc) is 3.88. The van der Waals surface area contributed by atoms with E-state index in [2.05, 4.69) is 52.0 Å². The molecule has 17 nitrogen and oxygen atoms in total. The number of carbonyl (C=O) groups excluding carboxylic acids is 5. The van der Waals surface area contributed by atoms with Crippen LogP contribution in [0.3, 0.4) is 0 Å². The molecule has 0 spiro atoms. The van der Waals surface area contributed by atoms with Gasteiger partial charge in [-0.05, 0) is 111 Å². The van der Waals surface area contributed by atoms with Crippen LogP contribution in [-0.2, 0) is 29.7 Å². The number of nitrogens with one attached hydrogen (secondary N) is 3. The molecule has 0 radical (unpaired) electrons. The molecule has 65 heavy (non-hydrogen) atoms. The van der Waals surface area contributed by atoms with Crippen molar-refractivity contribution in [2.75, 3.05) is 56.0 Å². The van der Waals surface area contributed by atoms with Gasteiger partial charge in [0.25, 0.3) is 17.7 Å². The molecule has 1 unspecified atom stereocenters. The number of hydrogen-bond donors (Lipinski definition) is 3. The first kappa shape index (κ1) is 43.3. The second kappa shape index (κ2) is 19.0. The predicted molar refractivity (Wildman–Crippen MR) is 243 cm³/mol. The molecule has 3 fully saturated rings. The van der Waals surface area contributed by atoms with E-state index in [1.54, 1.807) is 29.3 Å². The Morgan fingerprint density at radius 2 is 1.68 bits per heavy atom. The van der Waals surface area contributed by atoms with Crippen LogP contribution >= 0.6 is 0 Å². The number of piperazine rings is 1. The van der Waals surface area contributed by atoms with Gasteiger partial charge >= 0.3 is 0 Å². The van der Waals surface area contributed by atoms with E-state index in [-0.39, 0.29) is 36.1 Å². The summed E-state index contributed by atoms with van der Waals surface area (Å²) < 4.78 is 1.87. The standard InChI is InChI=1S/C48H54N12O5/c1-31(52-45(62)34-6-4-8-37(26-34)50-28-42-54-55-44(56(42)2)40-13-17-49-30-51-40)33-5-3-7-35(25-33)47(64)59-19-15-32(16-20-59)14-18-57-21-23-58(24-22-57)38-9-10-39-36(27-38)29-60(48(39)65)41-11-12-43(61)53-46(41)63/h3-10,13,17,25-27,30-32,41,50H,11-12,14-16,18-24,28-29H2,1-2H3,(H,52,62)(H,53,61,63)/t31-,41?/m1/s1. The van der Waals surface area contributed by atoms with Crippen molar-refractivity contribution in [1.82, 2.24) is 50.1 Å². The van der Waals surface area contributed by atoms with Crippen LogP contribution in [0.1, 0.15) is 93.1 Å². The SMILES string of the molecule is C[C@@H](NC(=O)c1cccc(NCc2nnc(-c3ccncn3)n2C)c1)c1cccc(C(=O)N2CCC(CCN3CCN(c4ccc5c(c4)CN(C4CCC(=O)NC4=O)C5=O)CC3)CC2)c1. The lowest BCUT2D eigenvalue weighted by Gasteiger charge is -2.38. The van der Waals surface area contributed by atoms with Crippen molar-refractivity contribution in [3.05, 3.63) is 119 Å². The summed E-state index contributed by atoms with van der Waals surface area (Å²) in [5, 5.41) is 17.4. The van der Waals surface area contributed by atoms with Crippen molar-refractivity contribution < 1.29 is 24.0 Å². The van der Waals surface area contributed by atoms with Crippen LogP contribution in [-0.4, -0.2) is 121 Å². The summed E-state index contributed by atoms with van der Waals surface area (Å²) >= 11 is 0. The molecular formula is C48H54N12O5. The van der Waals surface area contributed by atoms with E-state index in [9.17, 15) is 24.0 Å². The fraction of sp³-hybridized carbons (Fsp3) is 0.396. The zero-order chi connectivity index (χ0) is 45.0. The van der Waals surface area contributed by atoms with Gasteiger partial charge in [-0.25, -0.2) is 9.97 Å². The summed E-state index contributed by atoms with van der Waals surface area (Å²) in [6.45, 7) is 8.85. The molecule has 2 atom stereocenters. The number of anilines is 2. The fourth-order valence-electron chi connectivity index (χ4n) is 9.38. The molecule has 5 aromatic rings. The van der Waals surface area contributed by atoms with Gasteiger partial charge in [0, 0.05) is 93.5 Å². The minimum Gasteiger partial charge on any atom is -0.378 e. The lowest BCUT2D eigenvalue weighted by atomic mass is 9.92. The lowest BCUT2D eigenvalue weighted by Crippen LogP contribution is -2.52. The summed E-state index contributed by atoms with van der Waals surface area (Å²) in [7, 11) is 1.88. The van der Waals surface area contributed by atoms with E-state index >= 15 is 0 Å². The maximum absolute atomic E-state index is 13.7. The quantitative estimate of drug-likeness (QED) is 0.143. The Bertz CT molecular complexity index is 2580. The minimum absolute atomic E-state index is 0.0189. The van der Waals surface area contributed by atoms with Crippen LogP contribution in [0.2, 0.25) is 0 Å². The molecule has 6 heterocycles. The van der Waals surface area contributed by atoms with Gasteiger partial charge in [-0.15, -0.1) is 10.2 Å². The third-order valence-corrected chi connectivity index (χ3v) is 13.3. The Kier molecular flexibility index (Phi) is 12.6. The summed E-state index contributed by atoms with van der Waals surface area (Å²) in [4.78, 5) is 81.1. The Morgan fingerprint density at radius 3 is 2.46 bits per heavy atom. The van der Waals surface area contributed by atoms with Crippen molar-refractivity contribution >= 4 is 40.9 Å². The van der Waals surface area contributed by atoms with Gasteiger partial charge in [-0.1, -0.05) is 18.2 Å². The van der Waals surface area contributed by atoms with E-state index in [0.29, 0.717) is 59.5 Å². The first-order valence-corrected chi connectivity index (χ1v) is 22.5. The van der Waals surface area contributed by atoms with E-state index in [1.165, 1.54) is 6.33 Å². The van der Waals surface area contributed by atoms with E-state index in [1.807, 2.05) is 72.0 Å². The van der Waals surface area contributed by atoms with E-state index in [4.69, 9.17) is 0 Å². The summed E-state index contributed by atoms with van der Waals surface area (Å²) in [6, 6.07) is 21.7. The van der Waals surface area contributed by atoms with Gasteiger partial charge in [0.05, 0.1) is 12.6 Å². The van der Waals surface area contributed by atoms with Gasteiger partial charge in [-0.3, -0.25) is 34.2 Å². The molecule has 0 saturated carbocycles. The minimum atomic E-state index is -0.613. The largest absolute Gasteiger partial charge is 0.378 e. The monoisotopic (exact) mass is 878 g/mol. The Labute approximate surface area is 377 Å². The van der Waals surface area contributed by atoms with Crippen LogP contribution in [0, 0.1) is 5.92 Å². The highest BCUT2D eigenvalue weighted by atomic mass is 16.2. The van der Waals surface area contributed by atoms with Crippen LogP contribution in [0.4, 0.5) is 11.4 Å². The molecule has 5 amide bonds. The number of carbonyl (C=O) groups is 5. The third kappa shape index (κ3) is 9.60. The third-order valence-electron chi connectivity index (χ3n) is 13.3. The zero-order valence-electron chi connectivity index (χ0n) is 36.8. The molecule has 2 aromatic heterocycles. The number of amides is 5. The predicted octanol–water partition coefficient (Wildman–Crippen LogP) is 4.20. The molecule has 4 aliphatic rings. The Hall–Kier alpha value is -7.01. The van der Waals surface area contributed by atoms with Crippen LogP contribution in [0.15, 0.2) is 85.3 Å². The van der Waals surface area contributed by atoms with Crippen molar-refractivity contribution in [3.63, 3.8) is 0 Å². The van der Waals surface area contributed by atoms with Crippen molar-refractivity contribution in [1.29, 1.82) is 0 Å². The average molecular weight is 879 g/mol. The number of rotatable bonds is 13. The van der Waals surface area contributed by atoms with Crippen LogP contribution in [0.25, 0.3) is 11.5 Å². The number of piperidine rings is 2. The number of imide groups is 1. The highest BCUT2D eigenvalue weighted by molar-refractivity contribution is 6.05. The number of aromatic nitrogens is 5. The molecule has 3 saturated heterocycles. The van der Waals surface area contributed by atoms with Crippen molar-refractivity contribution in [2.24, 2.45) is 13.0 Å². The molecule has 0 bridgehead atoms. The van der Waals surface area contributed by atoms with Gasteiger partial charge in [0.2, 0.25) is 11.8 Å². The molecular weight excluding hydrogens is 825 g/mol. The summed E-state index contributed by atoms with van der Waals surface area (Å²) in [5.41, 5.74) is 6.09. The topological polar surface area (TPSA) is 191 Å². The number of hydrogen-bond acceptors (Lipinski definition) is 12. The van der Waals surface area contributed by atoms with Crippen LogP contribution in [0.5, 0.6) is 0 Å². The first-order chi connectivity index (χ1) is 31.6. The summed E-state index contributed by atoms with van der Waals surface area (Å²) in [5.74, 6) is 0.877. The first-order valence-electron chi connectivity index (χ1n) is 22.5. The van der Waals surface area contributed by atoms with Gasteiger partial charge in [0.1, 0.15) is 18.1 Å². The Morgan fingerprint density at radius 1 is 0.877 bits per heavy atom. The van der Waals surface area contributed by atoms with Gasteiger partial charge < -0.3 is 29.9 Å². The molecule has 0 aliphatic carbocycles. The normalized spacial score (nSPS) is 18.6. The van der Waals surface area contributed by atoms with Gasteiger partial charge in [-0.2, -0.15) is 0 Å². The second-order valence-corrected chi connectivity index (χ2v) is 17.4. The molecule has 9 rings (SSSR count). The highest BCUT2D eigenvalue weighted by Crippen LogP contribution is 2.31. The van der Waals surface area contributed by atoms with E-state index in [0.717, 1.165) is 87.6 Å².